The lowest BCUT2D eigenvalue weighted by Crippen LogP contribution is -2.09. The SMILES string of the molecule is O=C(O)c1ccc(Cn2cnc3c2CCCC3)cc1. The first-order valence-corrected chi connectivity index (χ1v) is 6.59. The molecule has 1 aliphatic rings. The Morgan fingerprint density at radius 3 is 2.68 bits per heavy atom. The Kier molecular flexibility index (Phi) is 3.07. The second-order valence-electron chi connectivity index (χ2n) is 4.98. The van der Waals surface area contributed by atoms with Crippen LogP contribution < -0.4 is 0 Å². The highest BCUT2D eigenvalue weighted by atomic mass is 16.4. The van der Waals surface area contributed by atoms with Crippen molar-refractivity contribution in [2.24, 2.45) is 0 Å². The van der Waals surface area contributed by atoms with Gasteiger partial charge in [-0.25, -0.2) is 9.78 Å². The highest BCUT2D eigenvalue weighted by Gasteiger charge is 2.15. The maximum Gasteiger partial charge on any atom is 0.335 e. The molecule has 0 unspecified atom stereocenters. The summed E-state index contributed by atoms with van der Waals surface area (Å²) in [6, 6.07) is 7.05. The van der Waals surface area contributed by atoms with Gasteiger partial charge in [-0.3, -0.25) is 0 Å². The highest BCUT2D eigenvalue weighted by Crippen LogP contribution is 2.20. The molecule has 0 aliphatic heterocycles. The minimum absolute atomic E-state index is 0.330. The molecule has 1 aliphatic carbocycles. The number of aryl methyl sites for hydroxylation is 1. The van der Waals surface area contributed by atoms with E-state index >= 15 is 0 Å². The second-order valence-corrected chi connectivity index (χ2v) is 4.98. The first kappa shape index (κ1) is 12.0. The van der Waals surface area contributed by atoms with Crippen LogP contribution in [0.4, 0.5) is 0 Å². The molecule has 0 saturated heterocycles. The third kappa shape index (κ3) is 2.38. The van der Waals surface area contributed by atoms with E-state index in [9.17, 15) is 4.79 Å². The second kappa shape index (κ2) is 4.88. The number of aromatic carboxylic acids is 1. The molecule has 0 spiro atoms. The summed E-state index contributed by atoms with van der Waals surface area (Å²) in [4.78, 5) is 15.3. The van der Waals surface area contributed by atoms with Gasteiger partial charge in [0.2, 0.25) is 0 Å². The predicted molar refractivity (Wildman–Crippen MR) is 71.4 cm³/mol. The van der Waals surface area contributed by atoms with E-state index in [1.165, 1.54) is 24.2 Å². The van der Waals surface area contributed by atoms with E-state index in [0.29, 0.717) is 5.56 Å². The number of nitrogens with zero attached hydrogens (tertiary/aromatic N) is 2. The third-order valence-corrected chi connectivity index (χ3v) is 3.66. The van der Waals surface area contributed by atoms with E-state index in [4.69, 9.17) is 5.11 Å². The molecule has 1 aromatic heterocycles. The summed E-state index contributed by atoms with van der Waals surface area (Å²) in [5, 5.41) is 8.88. The summed E-state index contributed by atoms with van der Waals surface area (Å²) in [6.45, 7) is 0.766. The van der Waals surface area contributed by atoms with Gasteiger partial charge in [-0.15, -0.1) is 0 Å². The summed E-state index contributed by atoms with van der Waals surface area (Å²) in [5.41, 5.74) is 4.01. The summed E-state index contributed by atoms with van der Waals surface area (Å²) in [6.07, 6.45) is 6.55. The molecular formula is C15H16N2O2. The van der Waals surface area contributed by atoms with Crippen LogP contribution in [0.1, 0.15) is 40.2 Å². The van der Waals surface area contributed by atoms with Crippen LogP contribution in [0.5, 0.6) is 0 Å². The number of hydrogen-bond acceptors (Lipinski definition) is 2. The molecule has 98 valence electrons. The summed E-state index contributed by atoms with van der Waals surface area (Å²) < 4.78 is 2.18. The van der Waals surface area contributed by atoms with Crippen LogP contribution >= 0.6 is 0 Å². The number of aromatic nitrogens is 2. The molecule has 0 fully saturated rings. The Bertz CT molecular complexity index is 599. The Hall–Kier alpha value is -2.10. The lowest BCUT2D eigenvalue weighted by molar-refractivity contribution is 0.0697. The Morgan fingerprint density at radius 2 is 1.95 bits per heavy atom. The number of hydrogen-bond donors (Lipinski definition) is 1. The van der Waals surface area contributed by atoms with E-state index in [-0.39, 0.29) is 0 Å². The molecule has 1 heterocycles. The van der Waals surface area contributed by atoms with Gasteiger partial charge in [-0.1, -0.05) is 12.1 Å². The minimum atomic E-state index is -0.883. The van der Waals surface area contributed by atoms with Gasteiger partial charge in [0.05, 0.1) is 17.6 Å². The largest absolute Gasteiger partial charge is 0.478 e. The molecule has 0 amide bonds. The monoisotopic (exact) mass is 256 g/mol. The van der Waals surface area contributed by atoms with Crippen molar-refractivity contribution in [1.82, 2.24) is 9.55 Å². The van der Waals surface area contributed by atoms with Crippen LogP contribution in [0, 0.1) is 0 Å². The number of rotatable bonds is 3. The van der Waals surface area contributed by atoms with E-state index in [0.717, 1.165) is 24.9 Å². The molecule has 0 atom stereocenters. The molecular weight excluding hydrogens is 240 g/mol. The van der Waals surface area contributed by atoms with Crippen LogP contribution in [0.2, 0.25) is 0 Å². The van der Waals surface area contributed by atoms with Crippen LogP contribution in [0.3, 0.4) is 0 Å². The van der Waals surface area contributed by atoms with Crippen molar-refractivity contribution < 1.29 is 9.90 Å². The molecule has 1 aromatic carbocycles. The lowest BCUT2D eigenvalue weighted by Gasteiger charge is -2.14. The van der Waals surface area contributed by atoms with E-state index in [1.54, 1.807) is 12.1 Å². The summed E-state index contributed by atoms with van der Waals surface area (Å²) in [7, 11) is 0. The van der Waals surface area contributed by atoms with Crippen molar-refractivity contribution in [2.45, 2.75) is 32.2 Å². The van der Waals surface area contributed by atoms with Gasteiger partial charge < -0.3 is 9.67 Å². The number of fused-ring (bicyclic) bond motifs is 1. The van der Waals surface area contributed by atoms with Gasteiger partial charge in [-0.2, -0.15) is 0 Å². The van der Waals surface area contributed by atoms with E-state index in [1.807, 2.05) is 18.5 Å². The lowest BCUT2D eigenvalue weighted by atomic mass is 10.0. The van der Waals surface area contributed by atoms with E-state index < -0.39 is 5.97 Å². The number of carboxylic acid groups (broad SMARTS) is 1. The van der Waals surface area contributed by atoms with Gasteiger partial charge in [0.15, 0.2) is 0 Å². The fraction of sp³-hybridized carbons (Fsp3) is 0.333. The topological polar surface area (TPSA) is 55.1 Å². The first-order valence-electron chi connectivity index (χ1n) is 6.59. The van der Waals surface area contributed by atoms with Crippen molar-refractivity contribution in [2.75, 3.05) is 0 Å². The minimum Gasteiger partial charge on any atom is -0.478 e. The molecule has 0 bridgehead atoms. The Morgan fingerprint density at radius 1 is 1.21 bits per heavy atom. The maximum absolute atomic E-state index is 10.8. The smallest absolute Gasteiger partial charge is 0.335 e. The zero-order valence-electron chi connectivity index (χ0n) is 10.7. The normalized spacial score (nSPS) is 14.1. The summed E-state index contributed by atoms with van der Waals surface area (Å²) in [5.74, 6) is -0.883. The average molecular weight is 256 g/mol. The van der Waals surface area contributed by atoms with Crippen LogP contribution in [-0.4, -0.2) is 20.6 Å². The molecule has 0 radical (unpaired) electrons. The van der Waals surface area contributed by atoms with Gasteiger partial charge in [0.1, 0.15) is 0 Å². The molecule has 4 nitrogen and oxygen atoms in total. The zero-order chi connectivity index (χ0) is 13.2. The quantitative estimate of drug-likeness (QED) is 0.918. The fourth-order valence-corrected chi connectivity index (χ4v) is 2.62. The van der Waals surface area contributed by atoms with Gasteiger partial charge >= 0.3 is 5.97 Å². The number of carboxylic acids is 1. The van der Waals surface area contributed by atoms with Crippen molar-refractivity contribution in [3.05, 3.63) is 53.1 Å². The van der Waals surface area contributed by atoms with Gasteiger partial charge in [0.25, 0.3) is 0 Å². The highest BCUT2D eigenvalue weighted by molar-refractivity contribution is 5.87. The Labute approximate surface area is 111 Å². The fourth-order valence-electron chi connectivity index (χ4n) is 2.62. The van der Waals surface area contributed by atoms with Crippen molar-refractivity contribution in [1.29, 1.82) is 0 Å². The summed E-state index contributed by atoms with van der Waals surface area (Å²) >= 11 is 0. The molecule has 2 aromatic rings. The van der Waals surface area contributed by atoms with Crippen molar-refractivity contribution >= 4 is 5.97 Å². The molecule has 0 saturated carbocycles. The van der Waals surface area contributed by atoms with Crippen molar-refractivity contribution in [3.63, 3.8) is 0 Å². The van der Waals surface area contributed by atoms with Gasteiger partial charge in [0, 0.05) is 12.2 Å². The molecule has 1 N–H and O–H groups in total. The molecule has 19 heavy (non-hydrogen) atoms. The predicted octanol–water partition coefficient (Wildman–Crippen LogP) is 2.51. The first-order chi connectivity index (χ1) is 9.24. The standard InChI is InChI=1S/C15H16N2O2/c18-15(19)12-7-5-11(6-8-12)9-17-10-16-13-3-1-2-4-14(13)17/h5-8,10H,1-4,9H2,(H,18,19). The van der Waals surface area contributed by atoms with Crippen LogP contribution in [0.15, 0.2) is 30.6 Å². The molecule has 4 heteroatoms. The molecule has 3 rings (SSSR count). The number of carbonyl (C=O) groups is 1. The average Bonchev–Trinajstić information content (AvgIpc) is 2.83. The van der Waals surface area contributed by atoms with E-state index in [2.05, 4.69) is 9.55 Å². The van der Waals surface area contributed by atoms with Crippen LogP contribution in [-0.2, 0) is 19.4 Å². The van der Waals surface area contributed by atoms with Crippen molar-refractivity contribution in [3.8, 4) is 0 Å². The van der Waals surface area contributed by atoms with Gasteiger partial charge in [-0.05, 0) is 43.4 Å². The maximum atomic E-state index is 10.8. The number of benzene rings is 1. The zero-order valence-corrected chi connectivity index (χ0v) is 10.7. The Balaban J connectivity index is 1.81. The van der Waals surface area contributed by atoms with Crippen LogP contribution in [0.25, 0.3) is 0 Å². The third-order valence-electron chi connectivity index (χ3n) is 3.66. The number of imidazole rings is 1.